The minimum Gasteiger partial charge on any atom is -0.332 e. The Balaban J connectivity index is 2.14. The Morgan fingerprint density at radius 3 is 2.65 bits per heavy atom. The number of hydroxylamine groups is 1. The molecule has 0 radical (unpaired) electrons. The van der Waals surface area contributed by atoms with Crippen molar-refractivity contribution in [2.45, 2.75) is 32.6 Å². The maximum absolute atomic E-state index is 12.8. The molecule has 3 N–H and O–H groups in total. The number of H-pyrrole nitrogens is 1. The highest BCUT2D eigenvalue weighted by Crippen LogP contribution is 2.17. The molecule has 140 valence electrons. The molecule has 0 unspecified atom stereocenters. The van der Waals surface area contributed by atoms with Crippen molar-refractivity contribution in [1.82, 2.24) is 20.3 Å². The zero-order valence-corrected chi connectivity index (χ0v) is 15.4. The molecule has 2 rings (SSSR count). The fourth-order valence-electron chi connectivity index (χ4n) is 2.52. The zero-order chi connectivity index (χ0) is 18.9. The number of aromatic nitrogens is 2. The summed E-state index contributed by atoms with van der Waals surface area (Å²) in [4.78, 5) is 32.9. The van der Waals surface area contributed by atoms with Crippen LogP contribution in [0.5, 0.6) is 0 Å². The minimum atomic E-state index is -0.677. The topological polar surface area (TPSA) is 98.3 Å². The first-order chi connectivity index (χ1) is 12.5. The molecule has 0 spiro atoms. The molecule has 0 fully saturated rings. The van der Waals surface area contributed by atoms with Crippen LogP contribution in [0.25, 0.3) is 0 Å². The van der Waals surface area contributed by atoms with Crippen LogP contribution in [0.4, 0.5) is 0 Å². The molecule has 1 aromatic heterocycles. The first-order valence-electron chi connectivity index (χ1n) is 8.55. The van der Waals surface area contributed by atoms with Gasteiger partial charge in [0.25, 0.3) is 11.8 Å². The van der Waals surface area contributed by atoms with E-state index in [1.54, 1.807) is 5.48 Å². The van der Waals surface area contributed by atoms with Gasteiger partial charge in [-0.2, -0.15) is 0 Å². The SMILES string of the molecule is CCCCc1nc(C(=O)N(CCc2ccccc2)CC(=O)NO)c(Cl)[nH]1. The molecule has 0 aliphatic rings. The Morgan fingerprint density at radius 2 is 2.00 bits per heavy atom. The number of rotatable bonds is 9. The van der Waals surface area contributed by atoms with E-state index in [-0.39, 0.29) is 17.4 Å². The highest BCUT2D eigenvalue weighted by atomic mass is 35.5. The average Bonchev–Trinajstić information content (AvgIpc) is 3.04. The number of hydrogen-bond acceptors (Lipinski definition) is 4. The van der Waals surface area contributed by atoms with Gasteiger partial charge in [0.15, 0.2) is 5.69 Å². The number of unbranched alkanes of at least 4 members (excludes halogenated alkanes) is 1. The lowest BCUT2D eigenvalue weighted by molar-refractivity contribution is -0.129. The van der Waals surface area contributed by atoms with Crippen LogP contribution in [-0.2, 0) is 17.6 Å². The minimum absolute atomic E-state index is 0.0940. The quantitative estimate of drug-likeness (QED) is 0.461. The zero-order valence-electron chi connectivity index (χ0n) is 14.7. The number of aromatic amines is 1. The largest absolute Gasteiger partial charge is 0.332 e. The van der Waals surface area contributed by atoms with Crippen molar-refractivity contribution in [3.8, 4) is 0 Å². The lowest BCUT2D eigenvalue weighted by atomic mass is 10.1. The van der Waals surface area contributed by atoms with Gasteiger partial charge in [0.05, 0.1) is 0 Å². The van der Waals surface area contributed by atoms with E-state index in [0.717, 1.165) is 18.4 Å². The predicted octanol–water partition coefficient (Wildman–Crippen LogP) is 2.60. The lowest BCUT2D eigenvalue weighted by Gasteiger charge is -2.21. The highest BCUT2D eigenvalue weighted by molar-refractivity contribution is 6.32. The number of hydrogen-bond donors (Lipinski definition) is 3. The molecule has 2 aromatic rings. The molecule has 0 aliphatic carbocycles. The Morgan fingerprint density at radius 1 is 1.27 bits per heavy atom. The van der Waals surface area contributed by atoms with Crippen molar-refractivity contribution in [2.24, 2.45) is 0 Å². The number of carbonyl (C=O) groups excluding carboxylic acids is 2. The van der Waals surface area contributed by atoms with Crippen LogP contribution < -0.4 is 5.48 Å². The first-order valence-corrected chi connectivity index (χ1v) is 8.93. The van der Waals surface area contributed by atoms with Crippen LogP contribution in [0.3, 0.4) is 0 Å². The van der Waals surface area contributed by atoms with Crippen LogP contribution >= 0.6 is 11.6 Å². The highest BCUT2D eigenvalue weighted by Gasteiger charge is 2.24. The molecule has 1 heterocycles. The second kappa shape index (κ2) is 9.94. The third-order valence-electron chi connectivity index (χ3n) is 3.94. The molecule has 0 saturated carbocycles. The molecule has 0 bridgehead atoms. The van der Waals surface area contributed by atoms with Crippen molar-refractivity contribution < 1.29 is 14.8 Å². The second-order valence-electron chi connectivity index (χ2n) is 5.95. The van der Waals surface area contributed by atoms with Crippen molar-refractivity contribution in [3.63, 3.8) is 0 Å². The van der Waals surface area contributed by atoms with Crippen LogP contribution in [0.15, 0.2) is 30.3 Å². The summed E-state index contributed by atoms with van der Waals surface area (Å²) >= 11 is 6.13. The summed E-state index contributed by atoms with van der Waals surface area (Å²) in [6.45, 7) is 2.08. The molecule has 0 atom stereocenters. The summed E-state index contributed by atoms with van der Waals surface area (Å²) in [5.41, 5.74) is 2.68. The van der Waals surface area contributed by atoms with E-state index in [2.05, 4.69) is 16.9 Å². The van der Waals surface area contributed by atoms with Crippen molar-refractivity contribution >= 4 is 23.4 Å². The fourth-order valence-corrected chi connectivity index (χ4v) is 2.75. The van der Waals surface area contributed by atoms with Crippen LogP contribution in [0.1, 0.15) is 41.6 Å². The van der Waals surface area contributed by atoms with Gasteiger partial charge in [0.2, 0.25) is 0 Å². The molecule has 1 aromatic carbocycles. The predicted molar refractivity (Wildman–Crippen MR) is 98.2 cm³/mol. The number of nitrogens with zero attached hydrogens (tertiary/aromatic N) is 2. The van der Waals surface area contributed by atoms with Gasteiger partial charge in [-0.1, -0.05) is 55.3 Å². The number of nitrogens with one attached hydrogen (secondary N) is 2. The number of carbonyl (C=O) groups is 2. The first kappa shape index (κ1) is 19.9. The molecule has 26 heavy (non-hydrogen) atoms. The van der Waals surface area contributed by atoms with Crippen molar-refractivity contribution in [2.75, 3.05) is 13.1 Å². The molecule has 0 saturated heterocycles. The Kier molecular flexibility index (Phi) is 7.62. The summed E-state index contributed by atoms with van der Waals surface area (Å²) in [6.07, 6.45) is 3.20. The molecular formula is C18H23ClN4O3. The van der Waals surface area contributed by atoms with Gasteiger partial charge >= 0.3 is 0 Å². The normalized spacial score (nSPS) is 10.6. The summed E-state index contributed by atoms with van der Waals surface area (Å²) in [5, 5.41) is 8.95. The molecule has 7 nitrogen and oxygen atoms in total. The third-order valence-corrected chi connectivity index (χ3v) is 4.21. The van der Waals surface area contributed by atoms with Crippen LogP contribution in [-0.4, -0.2) is 45.0 Å². The van der Waals surface area contributed by atoms with Gasteiger partial charge in [0.1, 0.15) is 17.5 Å². The summed E-state index contributed by atoms with van der Waals surface area (Å²) in [6, 6.07) is 9.62. The average molecular weight is 379 g/mol. The van der Waals surface area contributed by atoms with Gasteiger partial charge < -0.3 is 9.88 Å². The molecule has 8 heteroatoms. The van der Waals surface area contributed by atoms with Crippen LogP contribution in [0, 0.1) is 0 Å². The van der Waals surface area contributed by atoms with Crippen LogP contribution in [0.2, 0.25) is 5.15 Å². The van der Waals surface area contributed by atoms with Crippen molar-refractivity contribution in [3.05, 3.63) is 52.6 Å². The summed E-state index contributed by atoms with van der Waals surface area (Å²) in [5.74, 6) is -0.479. The standard InChI is InChI=1S/C18H23ClN4O3/c1-2-3-9-14-20-16(17(19)21-14)18(25)23(12-15(24)22-26)11-10-13-7-5-4-6-8-13/h4-8,26H,2-3,9-12H2,1H3,(H,20,21)(H,22,24). The molecule has 2 amide bonds. The summed E-state index contributed by atoms with van der Waals surface area (Å²) < 4.78 is 0. The number of halogens is 1. The van der Waals surface area contributed by atoms with E-state index in [9.17, 15) is 9.59 Å². The lowest BCUT2D eigenvalue weighted by Crippen LogP contribution is -2.41. The van der Waals surface area contributed by atoms with Gasteiger partial charge in [-0.25, -0.2) is 10.5 Å². The summed E-state index contributed by atoms with van der Waals surface area (Å²) in [7, 11) is 0. The Hall–Kier alpha value is -2.38. The van der Waals surface area contributed by atoms with E-state index >= 15 is 0 Å². The Bertz CT molecular complexity index is 733. The van der Waals surface area contributed by atoms with Crippen molar-refractivity contribution in [1.29, 1.82) is 0 Å². The van der Waals surface area contributed by atoms with E-state index in [0.29, 0.717) is 25.2 Å². The van der Waals surface area contributed by atoms with Gasteiger partial charge in [-0.15, -0.1) is 0 Å². The number of aryl methyl sites for hydroxylation is 1. The number of amides is 2. The monoisotopic (exact) mass is 378 g/mol. The van der Waals surface area contributed by atoms with Gasteiger partial charge in [0, 0.05) is 13.0 Å². The van der Waals surface area contributed by atoms with Gasteiger partial charge in [-0.05, 0) is 18.4 Å². The number of imidazole rings is 1. The second-order valence-corrected chi connectivity index (χ2v) is 6.32. The van der Waals surface area contributed by atoms with E-state index in [1.165, 1.54) is 4.90 Å². The Labute approximate surface area is 157 Å². The molecule has 0 aliphatic heterocycles. The third kappa shape index (κ3) is 5.57. The van der Waals surface area contributed by atoms with E-state index in [4.69, 9.17) is 16.8 Å². The van der Waals surface area contributed by atoms with Gasteiger partial charge in [-0.3, -0.25) is 14.8 Å². The maximum Gasteiger partial charge on any atom is 0.276 e. The maximum atomic E-state index is 12.8. The smallest absolute Gasteiger partial charge is 0.276 e. The number of benzene rings is 1. The molecular weight excluding hydrogens is 356 g/mol. The van der Waals surface area contributed by atoms with E-state index in [1.807, 2.05) is 30.3 Å². The fraction of sp³-hybridized carbons (Fsp3) is 0.389. The van der Waals surface area contributed by atoms with E-state index < -0.39 is 11.8 Å².